The van der Waals surface area contributed by atoms with E-state index in [1.807, 2.05) is 66.7 Å². The Kier molecular flexibility index (Phi) is 6.39. The Balaban J connectivity index is 2.02. The summed E-state index contributed by atoms with van der Waals surface area (Å²) in [7, 11) is -2.85. The Labute approximate surface area is 194 Å². The first-order chi connectivity index (χ1) is 15.9. The molecule has 0 fully saturated rings. The van der Waals surface area contributed by atoms with Gasteiger partial charge in [-0.05, 0) is 52.0 Å². The summed E-state index contributed by atoms with van der Waals surface area (Å²) in [6.07, 6.45) is -2.05. The highest BCUT2D eigenvalue weighted by Crippen LogP contribution is 2.64. The fourth-order valence-electron chi connectivity index (χ4n) is 4.17. The molecule has 0 saturated heterocycles. The molecule has 0 atom stereocenters. The fraction of sp³-hybridized carbons (Fsp3) is 0.231. The molecular formula is C26H28N2O4P+. The van der Waals surface area contributed by atoms with Gasteiger partial charge in [0.05, 0.1) is 12.2 Å². The highest BCUT2D eigenvalue weighted by Gasteiger charge is 2.62. The van der Waals surface area contributed by atoms with Crippen LogP contribution in [-0.4, -0.2) is 29.2 Å². The molecule has 1 aliphatic rings. The van der Waals surface area contributed by atoms with Gasteiger partial charge < -0.3 is 9.47 Å². The molecule has 0 bridgehead atoms. The van der Waals surface area contributed by atoms with Gasteiger partial charge >= 0.3 is 12.2 Å². The first kappa shape index (κ1) is 22.8. The quantitative estimate of drug-likeness (QED) is 0.447. The normalized spacial score (nSPS) is 13.3. The number of hydrogen-bond donors (Lipinski definition) is 1. The summed E-state index contributed by atoms with van der Waals surface area (Å²) in [6, 6.07) is 25.9. The summed E-state index contributed by atoms with van der Waals surface area (Å²) in [5, 5.41) is 2.87. The Morgan fingerprint density at radius 3 is 1.73 bits per heavy atom. The van der Waals surface area contributed by atoms with Crippen molar-refractivity contribution in [3.8, 4) is 11.1 Å². The molecule has 4 rings (SSSR count). The third-order valence-electron chi connectivity index (χ3n) is 5.27. The van der Waals surface area contributed by atoms with Gasteiger partial charge in [-0.15, -0.1) is 0 Å². The topological polar surface area (TPSA) is 67.9 Å². The average Bonchev–Trinajstić information content (AvgIpc) is 3.08. The lowest BCUT2D eigenvalue weighted by molar-refractivity contribution is 0.0727. The lowest BCUT2D eigenvalue weighted by atomic mass is 10.1. The highest BCUT2D eigenvalue weighted by molar-refractivity contribution is 7.95. The van der Waals surface area contributed by atoms with Crippen molar-refractivity contribution in [2.24, 2.45) is 0 Å². The maximum Gasteiger partial charge on any atom is 0.463 e. The molecule has 0 unspecified atom stereocenters. The summed E-state index contributed by atoms with van der Waals surface area (Å²) in [6.45, 7) is 7.09. The third kappa shape index (κ3) is 4.07. The molecule has 3 aromatic carbocycles. The van der Waals surface area contributed by atoms with Crippen LogP contribution in [0.3, 0.4) is 0 Å². The van der Waals surface area contributed by atoms with Crippen molar-refractivity contribution in [3.05, 3.63) is 78.9 Å². The van der Waals surface area contributed by atoms with E-state index in [1.54, 1.807) is 27.7 Å². The fourth-order valence-corrected chi connectivity index (χ4v) is 8.47. The molecule has 0 aliphatic carbocycles. The second-order valence-corrected chi connectivity index (χ2v) is 11.5. The number of benzene rings is 3. The van der Waals surface area contributed by atoms with Crippen molar-refractivity contribution < 1.29 is 19.1 Å². The molecule has 6 nitrogen and oxygen atoms in total. The van der Waals surface area contributed by atoms with Crippen molar-refractivity contribution in [1.82, 2.24) is 10.2 Å². The zero-order chi connectivity index (χ0) is 23.6. The molecule has 0 radical (unpaired) electrons. The van der Waals surface area contributed by atoms with Crippen molar-refractivity contribution in [3.63, 3.8) is 0 Å². The first-order valence-corrected chi connectivity index (χ1v) is 12.7. The van der Waals surface area contributed by atoms with Crippen LogP contribution in [0.1, 0.15) is 27.7 Å². The summed E-state index contributed by atoms with van der Waals surface area (Å²) in [5.41, 5.74) is 4.83. The van der Waals surface area contributed by atoms with E-state index in [2.05, 4.69) is 17.6 Å². The first-order valence-electron chi connectivity index (χ1n) is 11.0. The van der Waals surface area contributed by atoms with Crippen LogP contribution in [0, 0.1) is 0 Å². The SMILES string of the molecule is CC(C)OC(=O)NN(C(=O)OC(C)C)[P+]1(c2ccccc2)c2ccccc2-c2ccccc21. The molecule has 3 aromatic rings. The van der Waals surface area contributed by atoms with Crippen LogP contribution in [0.5, 0.6) is 0 Å². The molecule has 1 aliphatic heterocycles. The lowest BCUT2D eigenvalue weighted by Gasteiger charge is -2.33. The van der Waals surface area contributed by atoms with Crippen molar-refractivity contribution in [2.75, 3.05) is 0 Å². The molecule has 0 saturated carbocycles. The summed E-state index contributed by atoms with van der Waals surface area (Å²) < 4.78 is 12.4. The number of nitrogens with zero attached hydrogens (tertiary/aromatic N) is 1. The highest BCUT2D eigenvalue weighted by atomic mass is 31.2. The Morgan fingerprint density at radius 1 is 0.727 bits per heavy atom. The van der Waals surface area contributed by atoms with E-state index in [-0.39, 0.29) is 12.2 Å². The number of carbonyl (C=O) groups is 2. The van der Waals surface area contributed by atoms with E-state index in [1.165, 1.54) is 4.78 Å². The van der Waals surface area contributed by atoms with E-state index < -0.39 is 19.6 Å². The van der Waals surface area contributed by atoms with Gasteiger partial charge in [-0.2, -0.15) is 5.43 Å². The number of rotatable bonds is 4. The van der Waals surface area contributed by atoms with Gasteiger partial charge in [-0.3, -0.25) is 0 Å². The number of ether oxygens (including phenoxy) is 2. The second-order valence-electron chi connectivity index (χ2n) is 8.32. The van der Waals surface area contributed by atoms with Crippen LogP contribution >= 0.6 is 7.41 Å². The second kappa shape index (κ2) is 9.24. The zero-order valence-corrected chi connectivity index (χ0v) is 20.1. The largest absolute Gasteiger partial charge is 0.463 e. The molecule has 170 valence electrons. The van der Waals surface area contributed by atoms with Crippen LogP contribution in [0.25, 0.3) is 11.1 Å². The van der Waals surface area contributed by atoms with Crippen LogP contribution < -0.4 is 21.3 Å². The Bertz CT molecular complexity index is 1120. The van der Waals surface area contributed by atoms with Gasteiger partial charge in [0.15, 0.2) is 0 Å². The standard InChI is InChI=1S/C26H27N2O4P/c1-18(2)31-25(29)27-28(26(30)32-19(3)4)33(20-12-6-5-7-13-20)23-16-10-8-14-21(23)22-15-9-11-17-24(22)33/h5-19H,1-4H3/p+1. The van der Waals surface area contributed by atoms with Gasteiger partial charge in [0.2, 0.25) is 7.41 Å². The van der Waals surface area contributed by atoms with Gasteiger partial charge in [-0.1, -0.05) is 59.4 Å². The van der Waals surface area contributed by atoms with Crippen molar-refractivity contribution in [2.45, 2.75) is 39.9 Å². The van der Waals surface area contributed by atoms with Crippen molar-refractivity contribution >= 4 is 35.5 Å². The minimum atomic E-state index is -2.85. The van der Waals surface area contributed by atoms with Crippen LogP contribution in [-0.2, 0) is 9.47 Å². The van der Waals surface area contributed by atoms with E-state index >= 15 is 0 Å². The van der Waals surface area contributed by atoms with Gasteiger partial charge in [0, 0.05) is 11.1 Å². The van der Waals surface area contributed by atoms with Crippen molar-refractivity contribution in [1.29, 1.82) is 0 Å². The van der Waals surface area contributed by atoms with Crippen LogP contribution in [0.15, 0.2) is 78.9 Å². The number of hydrazine groups is 1. The maximum atomic E-state index is 13.6. The predicted molar refractivity (Wildman–Crippen MR) is 132 cm³/mol. The zero-order valence-electron chi connectivity index (χ0n) is 19.2. The number of hydrogen-bond acceptors (Lipinski definition) is 4. The maximum absolute atomic E-state index is 13.6. The monoisotopic (exact) mass is 463 g/mol. The molecule has 0 spiro atoms. The van der Waals surface area contributed by atoms with Gasteiger partial charge in [0.1, 0.15) is 15.9 Å². The summed E-state index contributed by atoms with van der Waals surface area (Å²) >= 11 is 0. The number of amides is 2. The molecular weight excluding hydrogens is 435 g/mol. The minimum Gasteiger partial charge on any atom is -0.446 e. The Hall–Kier alpha value is -3.37. The number of nitrogens with one attached hydrogen (secondary N) is 1. The minimum absolute atomic E-state index is 0.345. The predicted octanol–water partition coefficient (Wildman–Crippen LogP) is 4.77. The van der Waals surface area contributed by atoms with E-state index in [0.29, 0.717) is 0 Å². The molecule has 1 N–H and O–H groups in total. The molecule has 0 aromatic heterocycles. The lowest BCUT2D eigenvalue weighted by Crippen LogP contribution is -2.53. The van der Waals surface area contributed by atoms with E-state index in [9.17, 15) is 9.59 Å². The van der Waals surface area contributed by atoms with E-state index in [0.717, 1.165) is 27.0 Å². The molecule has 2 amide bonds. The Morgan fingerprint density at radius 2 is 1.21 bits per heavy atom. The van der Waals surface area contributed by atoms with Gasteiger partial charge in [0.25, 0.3) is 0 Å². The smallest absolute Gasteiger partial charge is 0.446 e. The molecule has 1 heterocycles. The number of fused-ring (bicyclic) bond motifs is 3. The number of carbonyl (C=O) groups excluding carboxylic acids is 2. The van der Waals surface area contributed by atoms with E-state index in [4.69, 9.17) is 9.47 Å². The van der Waals surface area contributed by atoms with Crippen LogP contribution in [0.4, 0.5) is 9.59 Å². The molecule has 7 heteroatoms. The van der Waals surface area contributed by atoms with Crippen LogP contribution in [0.2, 0.25) is 0 Å². The average molecular weight is 463 g/mol. The van der Waals surface area contributed by atoms with Gasteiger partial charge in [-0.25, -0.2) is 9.59 Å². The summed E-state index contributed by atoms with van der Waals surface area (Å²) in [5.74, 6) is 0. The molecule has 33 heavy (non-hydrogen) atoms. The summed E-state index contributed by atoms with van der Waals surface area (Å²) in [4.78, 5) is 26.5. The third-order valence-corrected chi connectivity index (χ3v) is 9.36.